The van der Waals surface area contributed by atoms with Gasteiger partial charge >= 0.3 is 0 Å². The monoisotopic (exact) mass is 545 g/mol. The lowest BCUT2D eigenvalue weighted by molar-refractivity contribution is -0.385. The van der Waals surface area contributed by atoms with Gasteiger partial charge in [0.25, 0.3) is 5.69 Å². The fourth-order valence-corrected chi connectivity index (χ4v) is 6.92. The van der Waals surface area contributed by atoms with Gasteiger partial charge in [0.2, 0.25) is 11.8 Å². The zero-order chi connectivity index (χ0) is 25.4. The molecule has 2 aliphatic heterocycles. The van der Waals surface area contributed by atoms with Crippen molar-refractivity contribution in [3.8, 4) is 11.3 Å². The number of aromatic amines is 1. The molecule has 5 heterocycles. The highest BCUT2D eigenvalue weighted by Crippen LogP contribution is 2.63. The van der Waals surface area contributed by atoms with Crippen molar-refractivity contribution in [1.29, 1.82) is 0 Å². The molecule has 6 rings (SSSR count). The van der Waals surface area contributed by atoms with Crippen molar-refractivity contribution >= 4 is 51.5 Å². The number of rotatable bonds is 6. The van der Waals surface area contributed by atoms with E-state index in [0.717, 1.165) is 27.2 Å². The summed E-state index contributed by atoms with van der Waals surface area (Å²) in [6.45, 7) is 8.06. The van der Waals surface area contributed by atoms with E-state index in [1.807, 2.05) is 32.9 Å². The van der Waals surface area contributed by atoms with Crippen LogP contribution < -0.4 is 5.32 Å². The van der Waals surface area contributed by atoms with Gasteiger partial charge in [0.1, 0.15) is 0 Å². The van der Waals surface area contributed by atoms with Crippen LogP contribution in [0.4, 0.5) is 5.69 Å². The first-order chi connectivity index (χ1) is 17.2. The van der Waals surface area contributed by atoms with Gasteiger partial charge in [-0.05, 0) is 17.5 Å². The van der Waals surface area contributed by atoms with Crippen molar-refractivity contribution in [3.05, 3.63) is 45.1 Å². The molecule has 4 atom stereocenters. The van der Waals surface area contributed by atoms with Gasteiger partial charge in [-0.3, -0.25) is 29.6 Å². The molecule has 2 amide bonds. The minimum absolute atomic E-state index is 0. The van der Waals surface area contributed by atoms with Crippen molar-refractivity contribution in [1.82, 2.24) is 20.2 Å². The van der Waals surface area contributed by atoms with E-state index in [9.17, 15) is 19.7 Å². The average molecular weight is 546 g/mol. The van der Waals surface area contributed by atoms with Gasteiger partial charge in [-0.15, -0.1) is 23.7 Å². The molecule has 12 heteroatoms. The Morgan fingerprint density at radius 1 is 1.30 bits per heavy atom. The number of nitrogens with zero attached hydrogens (tertiary/aromatic N) is 3. The molecule has 2 saturated heterocycles. The van der Waals surface area contributed by atoms with E-state index in [4.69, 9.17) is 4.74 Å². The molecule has 3 aromatic rings. The third-order valence-corrected chi connectivity index (χ3v) is 9.09. The molecule has 0 spiro atoms. The summed E-state index contributed by atoms with van der Waals surface area (Å²) in [6.07, 6.45) is 1.50. The number of thiophene rings is 1. The molecule has 1 aliphatic carbocycles. The van der Waals surface area contributed by atoms with Crippen LogP contribution in [-0.2, 0) is 20.9 Å². The number of morpholine rings is 1. The van der Waals surface area contributed by atoms with Crippen LogP contribution in [0.15, 0.2) is 24.4 Å². The fraction of sp³-hybridized carbons (Fsp3) is 0.480. The van der Waals surface area contributed by atoms with Crippen LogP contribution in [0.25, 0.3) is 21.5 Å². The molecule has 0 radical (unpaired) electrons. The summed E-state index contributed by atoms with van der Waals surface area (Å²) in [7, 11) is 0. The largest absolute Gasteiger partial charge is 0.375 e. The third-order valence-electron chi connectivity index (χ3n) is 7.95. The van der Waals surface area contributed by atoms with Crippen LogP contribution in [0.3, 0.4) is 0 Å². The Morgan fingerprint density at radius 2 is 2.03 bits per heavy atom. The molecule has 3 fully saturated rings. The topological polar surface area (TPSA) is 130 Å². The van der Waals surface area contributed by atoms with Crippen LogP contribution in [-0.4, -0.2) is 57.4 Å². The maximum atomic E-state index is 12.8. The van der Waals surface area contributed by atoms with E-state index in [0.29, 0.717) is 24.5 Å². The molecular weight excluding hydrogens is 518 g/mol. The van der Waals surface area contributed by atoms with E-state index in [2.05, 4.69) is 15.3 Å². The Balaban J connectivity index is 0.00000280. The minimum Gasteiger partial charge on any atom is -0.375 e. The Labute approximate surface area is 223 Å². The van der Waals surface area contributed by atoms with Gasteiger partial charge in [-0.2, -0.15) is 0 Å². The highest BCUT2D eigenvalue weighted by atomic mass is 35.5. The molecule has 0 aromatic carbocycles. The standard InChI is InChI=1S/C25H27N5O5S.ClH/c1-12(18-10-26-6-7-35-18)21-17(30(33)34)9-15(28-21)14-4-5-27-16-8-13(36-22(14)16)11-29-23(31)19-20(24(29)32)25(19,2)3;/h4-5,8-9,12,18-20,26,28H,6-7,10-11H2,1-3H3;1H/t12?,18-,19?,20?;/m1./s1. The van der Waals surface area contributed by atoms with E-state index >= 15 is 0 Å². The van der Waals surface area contributed by atoms with Gasteiger partial charge in [0.05, 0.1) is 57.6 Å². The van der Waals surface area contributed by atoms with E-state index in [1.165, 1.54) is 16.2 Å². The Hall–Kier alpha value is -2.86. The minimum atomic E-state index is -0.363. The molecular formula is C25H28ClN5O5S. The average Bonchev–Trinajstić information content (AvgIpc) is 3.25. The normalized spacial score (nSPS) is 25.2. The summed E-state index contributed by atoms with van der Waals surface area (Å²) in [4.78, 5) is 47.1. The quantitative estimate of drug-likeness (QED) is 0.273. The number of pyridine rings is 1. The molecule has 0 bridgehead atoms. The highest BCUT2D eigenvalue weighted by Gasteiger charge is 2.72. The number of piperidine rings is 1. The third kappa shape index (κ3) is 4.04. The van der Waals surface area contributed by atoms with E-state index in [-0.39, 0.29) is 70.6 Å². The molecule has 3 aromatic heterocycles. The summed E-state index contributed by atoms with van der Waals surface area (Å²) < 4.78 is 6.70. The number of amides is 2. The van der Waals surface area contributed by atoms with Gasteiger partial charge in [0, 0.05) is 41.7 Å². The lowest BCUT2D eigenvalue weighted by Crippen LogP contribution is -2.41. The number of carbonyl (C=O) groups is 2. The second-order valence-corrected chi connectivity index (χ2v) is 11.6. The smallest absolute Gasteiger partial charge is 0.290 e. The SMILES string of the molecule is CC(c1[nH]c(-c2ccnc3cc(CN4C(=O)C5C(C4=O)C5(C)C)sc23)cc1[N+](=O)[O-])[C@H]1CNCCO1.Cl. The maximum absolute atomic E-state index is 12.8. The number of carbonyl (C=O) groups excluding carboxylic acids is 2. The number of nitrogens with one attached hydrogen (secondary N) is 2. The lowest BCUT2D eigenvalue weighted by atomic mass is 9.99. The Morgan fingerprint density at radius 3 is 2.68 bits per heavy atom. The molecule has 37 heavy (non-hydrogen) atoms. The van der Waals surface area contributed by atoms with Crippen molar-refractivity contribution in [2.24, 2.45) is 17.3 Å². The van der Waals surface area contributed by atoms with E-state index in [1.54, 1.807) is 12.3 Å². The first kappa shape index (κ1) is 25.8. The summed E-state index contributed by atoms with van der Waals surface area (Å²) >= 11 is 1.45. The van der Waals surface area contributed by atoms with Crippen LogP contribution in [0, 0.1) is 27.4 Å². The first-order valence-electron chi connectivity index (χ1n) is 12.1. The molecule has 3 aliphatic rings. The zero-order valence-electron chi connectivity index (χ0n) is 20.6. The molecule has 1 saturated carbocycles. The number of imide groups is 1. The maximum Gasteiger partial charge on any atom is 0.290 e. The number of H-pyrrole nitrogens is 1. The van der Waals surface area contributed by atoms with Gasteiger partial charge in [-0.1, -0.05) is 20.8 Å². The molecule has 3 unspecified atom stereocenters. The second kappa shape index (κ2) is 9.16. The van der Waals surface area contributed by atoms with Gasteiger partial charge < -0.3 is 15.0 Å². The van der Waals surface area contributed by atoms with Crippen LogP contribution in [0.1, 0.15) is 37.3 Å². The first-order valence-corrected chi connectivity index (χ1v) is 12.9. The number of fused-ring (bicyclic) bond motifs is 2. The highest BCUT2D eigenvalue weighted by molar-refractivity contribution is 7.19. The Bertz CT molecular complexity index is 1390. The number of aromatic nitrogens is 2. The summed E-state index contributed by atoms with van der Waals surface area (Å²) in [6, 6.07) is 5.29. The number of hydrogen-bond donors (Lipinski definition) is 2. The van der Waals surface area contributed by atoms with Crippen LogP contribution in [0.2, 0.25) is 0 Å². The lowest BCUT2D eigenvalue weighted by Gasteiger charge is -2.28. The number of ether oxygens (including phenoxy) is 1. The van der Waals surface area contributed by atoms with Crippen molar-refractivity contribution in [2.75, 3.05) is 19.7 Å². The zero-order valence-corrected chi connectivity index (χ0v) is 22.3. The predicted molar refractivity (Wildman–Crippen MR) is 141 cm³/mol. The molecule has 10 nitrogen and oxygen atoms in total. The predicted octanol–water partition coefficient (Wildman–Crippen LogP) is 3.85. The summed E-state index contributed by atoms with van der Waals surface area (Å²) in [5.41, 5.74) is 2.47. The second-order valence-electron chi connectivity index (χ2n) is 10.5. The van der Waals surface area contributed by atoms with Crippen molar-refractivity contribution in [2.45, 2.75) is 39.3 Å². The van der Waals surface area contributed by atoms with Crippen LogP contribution >= 0.6 is 23.7 Å². The number of halogens is 1. The summed E-state index contributed by atoms with van der Waals surface area (Å²) in [5.74, 6) is -0.823. The van der Waals surface area contributed by atoms with E-state index < -0.39 is 0 Å². The summed E-state index contributed by atoms with van der Waals surface area (Å²) in [5, 5.41) is 15.2. The van der Waals surface area contributed by atoms with Gasteiger partial charge in [-0.25, -0.2) is 0 Å². The van der Waals surface area contributed by atoms with Crippen molar-refractivity contribution in [3.63, 3.8) is 0 Å². The number of hydrogen-bond acceptors (Lipinski definition) is 8. The Kier molecular flexibility index (Phi) is 6.38. The fourth-order valence-electron chi connectivity index (χ4n) is 5.79. The number of nitro groups is 1. The number of likely N-dealkylation sites (tertiary alicyclic amines) is 1. The molecule has 2 N–H and O–H groups in total. The van der Waals surface area contributed by atoms with Crippen molar-refractivity contribution < 1.29 is 19.2 Å². The van der Waals surface area contributed by atoms with Crippen LogP contribution in [0.5, 0.6) is 0 Å². The van der Waals surface area contributed by atoms with Gasteiger partial charge in [0.15, 0.2) is 0 Å². The molecule has 196 valence electrons.